The number of nitrogens with zero attached hydrogens (tertiary/aromatic N) is 1. The topological polar surface area (TPSA) is 91.1 Å². The quantitative estimate of drug-likeness (QED) is 0.825. The molecule has 2 rings (SSSR count). The third kappa shape index (κ3) is 4.95. The van der Waals surface area contributed by atoms with E-state index in [1.54, 1.807) is 34.6 Å². The summed E-state index contributed by atoms with van der Waals surface area (Å²) in [6.45, 7) is 9.05. The first-order valence-corrected chi connectivity index (χ1v) is 8.64. The van der Waals surface area contributed by atoms with Crippen LogP contribution in [-0.2, 0) is 25.6 Å². The molecule has 1 saturated heterocycles. The molecule has 7 heteroatoms. The number of carbonyl (C=O) groups is 2. The molecule has 144 valence electrons. The summed E-state index contributed by atoms with van der Waals surface area (Å²) in [7, 11) is 0. The van der Waals surface area contributed by atoms with Crippen molar-refractivity contribution in [3.63, 3.8) is 0 Å². The normalized spacial score (nSPS) is 20.5. The van der Waals surface area contributed by atoms with E-state index in [1.807, 2.05) is 30.3 Å². The van der Waals surface area contributed by atoms with Crippen molar-refractivity contribution in [1.82, 2.24) is 4.90 Å². The second-order valence-corrected chi connectivity index (χ2v) is 7.79. The highest BCUT2D eigenvalue weighted by Crippen LogP contribution is 2.30. The monoisotopic (exact) mass is 364 g/mol. The van der Waals surface area contributed by atoms with Crippen LogP contribution in [0.5, 0.6) is 0 Å². The van der Waals surface area contributed by atoms with E-state index in [-0.39, 0.29) is 13.2 Å². The molecule has 1 aromatic carbocycles. The van der Waals surface area contributed by atoms with E-state index in [0.29, 0.717) is 0 Å². The lowest BCUT2D eigenvalue weighted by atomic mass is 10.1. The minimum atomic E-state index is -1.03. The Labute approximate surface area is 154 Å². The second kappa shape index (κ2) is 7.63. The summed E-state index contributed by atoms with van der Waals surface area (Å²) in [5.74, 6) is -0.589. The molecule has 2 atom stereocenters. The third-order valence-electron chi connectivity index (χ3n) is 4.02. The van der Waals surface area contributed by atoms with E-state index in [4.69, 9.17) is 19.9 Å². The summed E-state index contributed by atoms with van der Waals surface area (Å²) in [5.41, 5.74) is 5.36. The number of carbonyl (C=O) groups excluding carboxylic acids is 2. The number of nitrogens with two attached hydrogens (primary N) is 1. The van der Waals surface area contributed by atoms with Gasteiger partial charge >= 0.3 is 12.1 Å². The molecule has 0 radical (unpaired) electrons. The van der Waals surface area contributed by atoms with Crippen LogP contribution in [-0.4, -0.2) is 47.0 Å². The van der Waals surface area contributed by atoms with Gasteiger partial charge < -0.3 is 19.9 Å². The van der Waals surface area contributed by atoms with Gasteiger partial charge in [0.1, 0.15) is 24.0 Å². The highest BCUT2D eigenvalue weighted by molar-refractivity contribution is 5.78. The fraction of sp³-hybridized carbons (Fsp3) is 0.579. The smallest absolute Gasteiger partial charge is 0.412 e. The van der Waals surface area contributed by atoms with Gasteiger partial charge in [0.2, 0.25) is 0 Å². The van der Waals surface area contributed by atoms with E-state index in [2.05, 4.69) is 0 Å². The number of esters is 1. The maximum Gasteiger partial charge on any atom is 0.412 e. The average Bonchev–Trinajstić information content (AvgIpc) is 2.86. The van der Waals surface area contributed by atoms with Crippen molar-refractivity contribution in [1.29, 1.82) is 0 Å². The summed E-state index contributed by atoms with van der Waals surface area (Å²) in [5, 5.41) is 0. The van der Waals surface area contributed by atoms with Crippen LogP contribution in [0.1, 0.15) is 40.2 Å². The van der Waals surface area contributed by atoms with Gasteiger partial charge in [0.05, 0.1) is 12.6 Å². The summed E-state index contributed by atoms with van der Waals surface area (Å²) >= 11 is 0. The Morgan fingerprint density at radius 2 is 1.92 bits per heavy atom. The van der Waals surface area contributed by atoms with Crippen molar-refractivity contribution < 1.29 is 23.8 Å². The third-order valence-corrected chi connectivity index (χ3v) is 4.02. The maximum absolute atomic E-state index is 12.6. The Bertz CT molecular complexity index is 639. The number of ether oxygens (including phenoxy) is 3. The molecule has 0 saturated carbocycles. The van der Waals surface area contributed by atoms with Gasteiger partial charge in [0.25, 0.3) is 0 Å². The summed E-state index contributed by atoms with van der Waals surface area (Å²) in [6, 6.07) is 7.62. The molecule has 1 unspecified atom stereocenters. The van der Waals surface area contributed by atoms with Gasteiger partial charge in [-0.15, -0.1) is 0 Å². The van der Waals surface area contributed by atoms with Crippen LogP contribution in [0.4, 0.5) is 4.79 Å². The number of amides is 1. The maximum atomic E-state index is 12.6. The molecule has 0 spiro atoms. The largest absolute Gasteiger partial charge is 0.460 e. The Hall–Kier alpha value is -2.12. The second-order valence-electron chi connectivity index (χ2n) is 7.79. The first-order valence-electron chi connectivity index (χ1n) is 8.64. The summed E-state index contributed by atoms with van der Waals surface area (Å²) < 4.78 is 16.4. The van der Waals surface area contributed by atoms with Crippen molar-refractivity contribution >= 4 is 12.1 Å². The summed E-state index contributed by atoms with van der Waals surface area (Å²) in [6.07, 6.45) is -0.573. The van der Waals surface area contributed by atoms with E-state index < -0.39 is 35.5 Å². The van der Waals surface area contributed by atoms with Crippen molar-refractivity contribution in [2.45, 2.75) is 64.6 Å². The van der Waals surface area contributed by atoms with Crippen LogP contribution in [0.3, 0.4) is 0 Å². The molecule has 1 aliphatic rings. The Balaban J connectivity index is 2.06. The van der Waals surface area contributed by atoms with Crippen LogP contribution in [0.2, 0.25) is 0 Å². The SMILES string of the molecule is CC(C)(C)OC(=O)N1[C@H](C(N)C(=O)OCc2ccccc2)COC1(C)C. The molecular formula is C19H28N2O5. The molecule has 1 aliphatic heterocycles. The molecular weight excluding hydrogens is 336 g/mol. The van der Waals surface area contributed by atoms with Gasteiger partial charge in [-0.25, -0.2) is 4.79 Å². The van der Waals surface area contributed by atoms with Crippen molar-refractivity contribution in [2.75, 3.05) is 6.61 Å². The van der Waals surface area contributed by atoms with Gasteiger partial charge in [-0.1, -0.05) is 30.3 Å². The molecule has 1 fully saturated rings. The average molecular weight is 364 g/mol. The minimum Gasteiger partial charge on any atom is -0.460 e. The molecule has 2 N–H and O–H groups in total. The van der Waals surface area contributed by atoms with Crippen LogP contribution in [0.25, 0.3) is 0 Å². The van der Waals surface area contributed by atoms with E-state index in [9.17, 15) is 9.59 Å². The highest BCUT2D eigenvalue weighted by Gasteiger charge is 2.49. The van der Waals surface area contributed by atoms with Gasteiger partial charge in [-0.05, 0) is 40.2 Å². The predicted molar refractivity (Wildman–Crippen MR) is 96.1 cm³/mol. The number of benzene rings is 1. The van der Waals surface area contributed by atoms with Crippen LogP contribution in [0, 0.1) is 0 Å². The van der Waals surface area contributed by atoms with E-state index >= 15 is 0 Å². The first-order chi connectivity index (χ1) is 12.0. The lowest BCUT2D eigenvalue weighted by Crippen LogP contribution is -2.57. The number of hydrogen-bond acceptors (Lipinski definition) is 6. The Morgan fingerprint density at radius 1 is 1.31 bits per heavy atom. The number of hydrogen-bond donors (Lipinski definition) is 1. The fourth-order valence-electron chi connectivity index (χ4n) is 2.75. The van der Waals surface area contributed by atoms with Crippen molar-refractivity contribution in [3.8, 4) is 0 Å². The highest BCUT2D eigenvalue weighted by atomic mass is 16.6. The molecule has 7 nitrogen and oxygen atoms in total. The molecule has 0 bridgehead atoms. The zero-order valence-electron chi connectivity index (χ0n) is 16.0. The van der Waals surface area contributed by atoms with Crippen molar-refractivity contribution in [2.24, 2.45) is 5.73 Å². The number of rotatable bonds is 4. The van der Waals surface area contributed by atoms with Gasteiger partial charge in [0, 0.05) is 0 Å². The van der Waals surface area contributed by atoms with Gasteiger partial charge in [-0.2, -0.15) is 0 Å². The zero-order chi connectivity index (χ0) is 19.5. The molecule has 1 heterocycles. The predicted octanol–water partition coefficient (Wildman–Crippen LogP) is 2.43. The zero-order valence-corrected chi connectivity index (χ0v) is 16.0. The molecule has 26 heavy (non-hydrogen) atoms. The van der Waals surface area contributed by atoms with Crippen LogP contribution >= 0.6 is 0 Å². The molecule has 1 aromatic rings. The summed E-state index contributed by atoms with van der Waals surface area (Å²) in [4.78, 5) is 26.4. The first kappa shape index (κ1) is 20.2. The Kier molecular flexibility index (Phi) is 5.93. The lowest BCUT2D eigenvalue weighted by Gasteiger charge is -2.36. The van der Waals surface area contributed by atoms with Crippen LogP contribution in [0.15, 0.2) is 30.3 Å². The van der Waals surface area contributed by atoms with Gasteiger partial charge in [-0.3, -0.25) is 9.69 Å². The molecule has 0 aromatic heterocycles. The minimum absolute atomic E-state index is 0.122. The van der Waals surface area contributed by atoms with Gasteiger partial charge in [0.15, 0.2) is 0 Å². The van der Waals surface area contributed by atoms with E-state index in [0.717, 1.165) is 5.56 Å². The molecule has 0 aliphatic carbocycles. The fourth-order valence-corrected chi connectivity index (χ4v) is 2.75. The van der Waals surface area contributed by atoms with Crippen LogP contribution < -0.4 is 5.73 Å². The standard InChI is InChI=1S/C19H28N2O5/c1-18(2,3)26-17(23)21-14(12-25-19(21,4)5)15(20)16(22)24-11-13-9-7-6-8-10-13/h6-10,14-15H,11-12,20H2,1-5H3/t14-,15?/m0/s1. The van der Waals surface area contributed by atoms with E-state index in [1.165, 1.54) is 4.90 Å². The lowest BCUT2D eigenvalue weighted by molar-refractivity contribution is -0.148. The van der Waals surface area contributed by atoms with Crippen molar-refractivity contribution in [3.05, 3.63) is 35.9 Å². The Morgan fingerprint density at radius 3 is 2.50 bits per heavy atom. The molecule has 1 amide bonds.